The second kappa shape index (κ2) is 8.89. The van der Waals surface area contributed by atoms with Gasteiger partial charge in [-0.2, -0.15) is 0 Å². The molecule has 2 N–H and O–H groups in total. The summed E-state index contributed by atoms with van der Waals surface area (Å²) in [7, 11) is 3.22. The van der Waals surface area contributed by atoms with Crippen LogP contribution in [0.1, 0.15) is 5.82 Å². The number of rotatable bonds is 6. The number of carboxylic acid groups (broad SMARTS) is 1. The third-order valence-electron chi connectivity index (χ3n) is 3.81. The third-order valence-corrected chi connectivity index (χ3v) is 3.81. The number of carboxylic acids is 1. The number of aliphatic carboxylic acids is 1. The number of benzene rings is 2. The van der Waals surface area contributed by atoms with Gasteiger partial charge < -0.3 is 19.6 Å². The van der Waals surface area contributed by atoms with Crippen LogP contribution >= 0.6 is 0 Å². The Morgan fingerprint density at radius 2 is 1.46 bits per heavy atom. The van der Waals surface area contributed by atoms with E-state index in [1.807, 2.05) is 48.5 Å². The summed E-state index contributed by atoms with van der Waals surface area (Å²) in [5, 5.41) is 9.05. The average molecular weight is 362 g/mol. The first-order chi connectivity index (χ1) is 12.1. The quantitative estimate of drug-likeness (QED) is 0.659. The van der Waals surface area contributed by atoms with E-state index >= 15 is 0 Å². The van der Waals surface area contributed by atoms with Crippen molar-refractivity contribution < 1.29 is 19.4 Å². The normalized spacial score (nSPS) is 10.1. The van der Waals surface area contributed by atoms with Crippen molar-refractivity contribution in [2.24, 2.45) is 0 Å². The number of methoxy groups -OCH3 is 2. The molecule has 0 fully saturated rings. The van der Waals surface area contributed by atoms with Crippen LogP contribution in [0.25, 0.3) is 22.5 Å². The van der Waals surface area contributed by atoms with Gasteiger partial charge >= 0.3 is 35.5 Å². The van der Waals surface area contributed by atoms with Crippen molar-refractivity contribution in [2.45, 2.75) is 6.42 Å². The molecule has 0 spiro atoms. The van der Waals surface area contributed by atoms with Crippen molar-refractivity contribution in [1.29, 1.82) is 0 Å². The monoisotopic (exact) mass is 362 g/mol. The maximum absolute atomic E-state index is 11.0. The molecule has 7 heteroatoms. The molecule has 0 amide bonds. The number of nitrogens with one attached hydrogen (secondary N) is 1. The molecular formula is C19H19N2NaO4. The van der Waals surface area contributed by atoms with Crippen molar-refractivity contribution in [3.8, 4) is 34.0 Å². The fourth-order valence-corrected chi connectivity index (χ4v) is 2.57. The van der Waals surface area contributed by atoms with Gasteiger partial charge in [-0.15, -0.1) is 0 Å². The number of hydrogen-bond donors (Lipinski definition) is 2. The first-order valence-corrected chi connectivity index (χ1v) is 7.70. The fourth-order valence-electron chi connectivity index (χ4n) is 2.57. The van der Waals surface area contributed by atoms with E-state index in [-0.39, 0.29) is 36.0 Å². The van der Waals surface area contributed by atoms with Crippen LogP contribution < -0.4 is 9.47 Å². The molecule has 3 rings (SSSR count). The Morgan fingerprint density at radius 3 is 1.92 bits per heavy atom. The van der Waals surface area contributed by atoms with Gasteiger partial charge in [-0.3, -0.25) is 4.79 Å². The minimum absolute atomic E-state index is 0. The first-order valence-electron chi connectivity index (χ1n) is 7.70. The second-order valence-corrected chi connectivity index (χ2v) is 5.43. The van der Waals surface area contributed by atoms with Gasteiger partial charge in [0, 0.05) is 11.1 Å². The summed E-state index contributed by atoms with van der Waals surface area (Å²) >= 11 is 0. The predicted octanol–water partition coefficient (Wildman–Crippen LogP) is 2.74. The van der Waals surface area contributed by atoms with Crippen molar-refractivity contribution >= 4 is 35.5 Å². The SMILES string of the molecule is COc1ccc(-c2nc(CC(=O)O)[nH]c2-c2ccc(OC)cc2)cc1.[NaH]. The van der Waals surface area contributed by atoms with Crippen LogP contribution in [0.2, 0.25) is 0 Å². The number of carbonyl (C=O) groups is 1. The van der Waals surface area contributed by atoms with E-state index < -0.39 is 5.97 Å². The zero-order valence-corrected chi connectivity index (χ0v) is 13.9. The van der Waals surface area contributed by atoms with Gasteiger partial charge in [-0.05, 0) is 48.5 Å². The maximum atomic E-state index is 11.0. The molecule has 0 unspecified atom stereocenters. The van der Waals surface area contributed by atoms with Crippen LogP contribution in [0.4, 0.5) is 0 Å². The Hall–Kier alpha value is -2.28. The van der Waals surface area contributed by atoms with E-state index in [2.05, 4.69) is 9.97 Å². The zero-order valence-electron chi connectivity index (χ0n) is 13.9. The van der Waals surface area contributed by atoms with Gasteiger partial charge in [0.15, 0.2) is 0 Å². The summed E-state index contributed by atoms with van der Waals surface area (Å²) in [5.41, 5.74) is 3.24. The summed E-state index contributed by atoms with van der Waals surface area (Å²) in [5.74, 6) is 0.969. The molecule has 130 valence electrons. The first kappa shape index (κ1) is 20.0. The van der Waals surface area contributed by atoms with Crippen molar-refractivity contribution in [3.05, 3.63) is 54.4 Å². The molecular weight excluding hydrogens is 343 g/mol. The Balaban J connectivity index is 0.00000243. The molecule has 0 aliphatic carbocycles. The standard InChI is InChI=1S/C19H18N2O4.Na.H/c1-24-14-7-3-12(4-8-14)18-19(21-16(20-18)11-17(22)23)13-5-9-15(25-2)10-6-13;;/h3-10H,11H2,1-2H3,(H,20,21)(H,22,23);;. The van der Waals surface area contributed by atoms with Crippen molar-refractivity contribution in [1.82, 2.24) is 9.97 Å². The van der Waals surface area contributed by atoms with Crippen LogP contribution in [0.3, 0.4) is 0 Å². The molecule has 0 radical (unpaired) electrons. The van der Waals surface area contributed by atoms with Crippen LogP contribution in [-0.2, 0) is 11.2 Å². The predicted molar refractivity (Wildman–Crippen MR) is 101 cm³/mol. The summed E-state index contributed by atoms with van der Waals surface area (Å²) in [6.45, 7) is 0. The minimum atomic E-state index is -0.934. The third kappa shape index (κ3) is 4.46. The zero-order chi connectivity index (χ0) is 17.8. The van der Waals surface area contributed by atoms with Crippen LogP contribution in [0.5, 0.6) is 11.5 Å². The van der Waals surface area contributed by atoms with E-state index in [1.165, 1.54) is 0 Å². The topological polar surface area (TPSA) is 84.4 Å². The number of ether oxygens (including phenoxy) is 2. The summed E-state index contributed by atoms with van der Waals surface area (Å²) < 4.78 is 10.4. The van der Waals surface area contributed by atoms with Gasteiger partial charge in [0.05, 0.1) is 25.6 Å². The number of aromatic amines is 1. The van der Waals surface area contributed by atoms with E-state index in [0.29, 0.717) is 11.5 Å². The average Bonchev–Trinajstić information content (AvgIpc) is 3.05. The summed E-state index contributed by atoms with van der Waals surface area (Å²) in [4.78, 5) is 18.7. The number of aromatic nitrogens is 2. The van der Waals surface area contributed by atoms with Gasteiger partial charge in [0.2, 0.25) is 0 Å². The Kier molecular flexibility index (Phi) is 6.85. The van der Waals surface area contributed by atoms with E-state index in [1.54, 1.807) is 14.2 Å². The van der Waals surface area contributed by atoms with E-state index in [4.69, 9.17) is 14.6 Å². The van der Waals surface area contributed by atoms with Crippen LogP contribution in [-0.4, -0.2) is 64.8 Å². The van der Waals surface area contributed by atoms with Crippen molar-refractivity contribution in [2.75, 3.05) is 14.2 Å². The summed E-state index contributed by atoms with van der Waals surface area (Å²) in [6, 6.07) is 15.0. The molecule has 0 bridgehead atoms. The molecule has 0 atom stereocenters. The van der Waals surface area contributed by atoms with Crippen LogP contribution in [0.15, 0.2) is 48.5 Å². The molecule has 0 saturated carbocycles. The van der Waals surface area contributed by atoms with Gasteiger partial charge in [-0.25, -0.2) is 4.98 Å². The number of H-pyrrole nitrogens is 1. The van der Waals surface area contributed by atoms with Crippen LogP contribution in [0, 0.1) is 0 Å². The molecule has 6 nitrogen and oxygen atoms in total. The molecule has 1 aromatic heterocycles. The molecule has 3 aromatic rings. The number of hydrogen-bond acceptors (Lipinski definition) is 4. The molecule has 26 heavy (non-hydrogen) atoms. The van der Waals surface area contributed by atoms with Crippen molar-refractivity contribution in [3.63, 3.8) is 0 Å². The van der Waals surface area contributed by atoms with Gasteiger partial charge in [-0.1, -0.05) is 0 Å². The van der Waals surface area contributed by atoms with Gasteiger partial charge in [0.25, 0.3) is 0 Å². The molecule has 1 heterocycles. The Morgan fingerprint density at radius 1 is 0.962 bits per heavy atom. The summed E-state index contributed by atoms with van der Waals surface area (Å²) in [6.07, 6.45) is -0.167. The number of imidazole rings is 1. The number of nitrogens with zero attached hydrogens (tertiary/aromatic N) is 1. The molecule has 0 aliphatic heterocycles. The van der Waals surface area contributed by atoms with E-state index in [0.717, 1.165) is 28.3 Å². The van der Waals surface area contributed by atoms with Gasteiger partial charge in [0.1, 0.15) is 23.7 Å². The second-order valence-electron chi connectivity index (χ2n) is 5.43. The molecule has 0 aliphatic rings. The van der Waals surface area contributed by atoms with E-state index in [9.17, 15) is 4.79 Å². The fraction of sp³-hybridized carbons (Fsp3) is 0.158. The Labute approximate surface area is 173 Å². The molecule has 0 saturated heterocycles. The molecule has 2 aromatic carbocycles. The Bertz CT molecular complexity index is 809.